The third-order valence-electron chi connectivity index (χ3n) is 4.93. The van der Waals surface area contributed by atoms with Crippen LogP contribution in [0.2, 0.25) is 0 Å². The van der Waals surface area contributed by atoms with Crippen molar-refractivity contribution in [3.63, 3.8) is 0 Å². The topological polar surface area (TPSA) is 63.3 Å². The number of aliphatic carboxylic acids is 1. The summed E-state index contributed by atoms with van der Waals surface area (Å²) < 4.78 is 0. The van der Waals surface area contributed by atoms with Crippen molar-refractivity contribution in [3.8, 4) is 0 Å². The molecule has 17 heavy (non-hydrogen) atoms. The summed E-state index contributed by atoms with van der Waals surface area (Å²) >= 11 is 0. The summed E-state index contributed by atoms with van der Waals surface area (Å²) in [5, 5.41) is 9.01. The predicted octanol–water partition coefficient (Wildman–Crippen LogP) is 2.42. The highest BCUT2D eigenvalue weighted by atomic mass is 16.4. The molecule has 1 saturated carbocycles. The second-order valence-electron chi connectivity index (χ2n) is 5.88. The molecule has 1 unspecified atom stereocenters. The Morgan fingerprint density at radius 2 is 2.41 bits per heavy atom. The fraction of sp³-hybridized carbons (Fsp3) is 0.786. The molecule has 4 atom stereocenters. The second-order valence-corrected chi connectivity index (χ2v) is 5.88. The number of fused-ring (bicyclic) bond motifs is 1. The van der Waals surface area contributed by atoms with Gasteiger partial charge in [-0.1, -0.05) is 25.5 Å². The third-order valence-corrected chi connectivity index (χ3v) is 4.93. The Morgan fingerprint density at radius 1 is 1.71 bits per heavy atom. The van der Waals surface area contributed by atoms with Gasteiger partial charge in [0, 0.05) is 0 Å². The van der Waals surface area contributed by atoms with Gasteiger partial charge in [0.25, 0.3) is 0 Å². The van der Waals surface area contributed by atoms with E-state index in [1.807, 2.05) is 0 Å². The largest absolute Gasteiger partial charge is 0.481 e. The van der Waals surface area contributed by atoms with E-state index in [2.05, 4.69) is 19.9 Å². The van der Waals surface area contributed by atoms with Crippen molar-refractivity contribution in [2.75, 3.05) is 6.54 Å². The molecular weight excluding hydrogens is 214 g/mol. The zero-order chi connectivity index (χ0) is 12.6. The summed E-state index contributed by atoms with van der Waals surface area (Å²) in [5.74, 6) is 1.02. The molecule has 0 aromatic heterocycles. The van der Waals surface area contributed by atoms with Crippen LogP contribution < -0.4 is 5.73 Å². The van der Waals surface area contributed by atoms with Crippen LogP contribution in [-0.2, 0) is 4.79 Å². The summed E-state index contributed by atoms with van der Waals surface area (Å²) in [5.41, 5.74) is 7.22. The van der Waals surface area contributed by atoms with Crippen molar-refractivity contribution < 1.29 is 9.90 Å². The zero-order valence-corrected chi connectivity index (χ0v) is 10.8. The first-order valence-corrected chi connectivity index (χ1v) is 6.65. The summed E-state index contributed by atoms with van der Waals surface area (Å²) in [6.07, 6.45) is 5.91. The maximum atomic E-state index is 11.0. The van der Waals surface area contributed by atoms with Gasteiger partial charge in [-0.05, 0) is 49.0 Å². The van der Waals surface area contributed by atoms with Crippen molar-refractivity contribution in [1.29, 1.82) is 0 Å². The van der Waals surface area contributed by atoms with Crippen molar-refractivity contribution >= 4 is 5.97 Å². The van der Waals surface area contributed by atoms with E-state index in [0.29, 0.717) is 24.3 Å². The first kappa shape index (κ1) is 12.6. The number of hydrogen-bond donors (Lipinski definition) is 2. The molecule has 0 radical (unpaired) electrons. The predicted molar refractivity (Wildman–Crippen MR) is 67.5 cm³/mol. The monoisotopic (exact) mass is 237 g/mol. The van der Waals surface area contributed by atoms with Gasteiger partial charge in [-0.3, -0.25) is 4.79 Å². The van der Waals surface area contributed by atoms with Crippen molar-refractivity contribution in [2.45, 2.75) is 39.5 Å². The highest BCUT2D eigenvalue weighted by Crippen LogP contribution is 2.60. The van der Waals surface area contributed by atoms with Crippen LogP contribution >= 0.6 is 0 Å². The molecule has 0 heterocycles. The standard InChI is InChI=1S/C14H23NO2/c1-3-9(2)10-4-11-6-14(8-15,7-13(16)17)12(11)5-10/h5,9,11-12H,3-4,6-8,15H2,1-2H3,(H,16,17)/t9?,11-,12+,14+/m1/s1. The Labute approximate surface area is 103 Å². The lowest BCUT2D eigenvalue weighted by molar-refractivity contribution is -0.144. The molecule has 3 nitrogen and oxygen atoms in total. The molecule has 0 aromatic carbocycles. The minimum atomic E-state index is -0.709. The highest BCUT2D eigenvalue weighted by Gasteiger charge is 2.55. The summed E-state index contributed by atoms with van der Waals surface area (Å²) in [6.45, 7) is 4.97. The molecule has 96 valence electrons. The molecule has 2 aliphatic rings. The number of carboxylic acids is 1. The Kier molecular flexibility index (Phi) is 3.30. The number of allylic oxidation sites excluding steroid dienone is 2. The van der Waals surface area contributed by atoms with Gasteiger partial charge in [-0.15, -0.1) is 0 Å². The summed E-state index contributed by atoms with van der Waals surface area (Å²) in [6, 6.07) is 0. The molecule has 2 aliphatic carbocycles. The van der Waals surface area contributed by atoms with Crippen LogP contribution in [0.4, 0.5) is 0 Å². The number of rotatable bonds is 5. The molecule has 3 heteroatoms. The van der Waals surface area contributed by atoms with Gasteiger partial charge in [-0.2, -0.15) is 0 Å². The van der Waals surface area contributed by atoms with Gasteiger partial charge in [0.15, 0.2) is 0 Å². The van der Waals surface area contributed by atoms with E-state index >= 15 is 0 Å². The average molecular weight is 237 g/mol. The van der Waals surface area contributed by atoms with E-state index in [1.54, 1.807) is 0 Å². The average Bonchev–Trinajstić information content (AvgIpc) is 2.63. The number of hydrogen-bond acceptors (Lipinski definition) is 2. The van der Waals surface area contributed by atoms with E-state index in [9.17, 15) is 4.79 Å². The molecule has 3 N–H and O–H groups in total. The fourth-order valence-electron chi connectivity index (χ4n) is 3.65. The molecule has 0 saturated heterocycles. The van der Waals surface area contributed by atoms with Crippen molar-refractivity contribution in [2.24, 2.45) is 28.9 Å². The van der Waals surface area contributed by atoms with Crippen LogP contribution in [-0.4, -0.2) is 17.6 Å². The van der Waals surface area contributed by atoms with Gasteiger partial charge < -0.3 is 10.8 Å². The van der Waals surface area contributed by atoms with Crippen LogP contribution in [0.15, 0.2) is 11.6 Å². The number of carbonyl (C=O) groups is 1. The lowest BCUT2D eigenvalue weighted by atomic mass is 9.53. The van der Waals surface area contributed by atoms with Gasteiger partial charge in [0.2, 0.25) is 0 Å². The highest BCUT2D eigenvalue weighted by molar-refractivity contribution is 5.68. The SMILES string of the molecule is CCC(C)C1=C[C@H]2[C@H](C1)C[C@@]2(CN)CC(=O)O. The van der Waals surface area contributed by atoms with Crippen LogP contribution in [0, 0.1) is 23.2 Å². The molecule has 2 rings (SSSR count). The van der Waals surface area contributed by atoms with Crippen molar-refractivity contribution in [3.05, 3.63) is 11.6 Å². The van der Waals surface area contributed by atoms with Gasteiger partial charge in [-0.25, -0.2) is 0 Å². The van der Waals surface area contributed by atoms with Gasteiger partial charge >= 0.3 is 5.97 Å². The Morgan fingerprint density at radius 3 is 2.94 bits per heavy atom. The molecular formula is C14H23NO2. The molecule has 0 aromatic rings. The van der Waals surface area contributed by atoms with Crippen LogP contribution in [0.3, 0.4) is 0 Å². The van der Waals surface area contributed by atoms with Crippen LogP contribution in [0.1, 0.15) is 39.5 Å². The van der Waals surface area contributed by atoms with E-state index < -0.39 is 5.97 Å². The fourth-order valence-corrected chi connectivity index (χ4v) is 3.65. The Hall–Kier alpha value is -0.830. The van der Waals surface area contributed by atoms with Crippen molar-refractivity contribution in [1.82, 2.24) is 0 Å². The first-order chi connectivity index (χ1) is 8.02. The van der Waals surface area contributed by atoms with E-state index in [4.69, 9.17) is 10.8 Å². The quantitative estimate of drug-likeness (QED) is 0.722. The maximum absolute atomic E-state index is 11.0. The Bertz CT molecular complexity index is 350. The molecule has 0 spiro atoms. The van der Waals surface area contributed by atoms with Crippen LogP contribution in [0.5, 0.6) is 0 Å². The van der Waals surface area contributed by atoms with E-state index in [0.717, 1.165) is 6.42 Å². The molecule has 0 bridgehead atoms. The Balaban J connectivity index is 2.11. The summed E-state index contributed by atoms with van der Waals surface area (Å²) in [4.78, 5) is 11.0. The normalized spacial score (nSPS) is 37.0. The number of nitrogens with two attached hydrogens (primary N) is 1. The molecule has 0 amide bonds. The minimum Gasteiger partial charge on any atom is -0.481 e. The molecule has 1 fully saturated rings. The lowest BCUT2D eigenvalue weighted by Crippen LogP contribution is -2.51. The van der Waals surface area contributed by atoms with Gasteiger partial charge in [0.1, 0.15) is 0 Å². The van der Waals surface area contributed by atoms with Crippen LogP contribution in [0.25, 0.3) is 0 Å². The molecule has 0 aliphatic heterocycles. The van der Waals surface area contributed by atoms with Gasteiger partial charge in [0.05, 0.1) is 6.42 Å². The van der Waals surface area contributed by atoms with E-state index in [1.165, 1.54) is 18.4 Å². The maximum Gasteiger partial charge on any atom is 0.303 e. The number of carboxylic acid groups (broad SMARTS) is 1. The smallest absolute Gasteiger partial charge is 0.303 e. The summed E-state index contributed by atoms with van der Waals surface area (Å²) in [7, 11) is 0. The zero-order valence-electron chi connectivity index (χ0n) is 10.8. The minimum absolute atomic E-state index is 0.147. The second kappa shape index (κ2) is 4.45. The first-order valence-electron chi connectivity index (χ1n) is 6.65. The third kappa shape index (κ3) is 2.01. The lowest BCUT2D eigenvalue weighted by Gasteiger charge is -2.51. The van der Waals surface area contributed by atoms with E-state index in [-0.39, 0.29) is 11.8 Å².